The fourth-order valence-electron chi connectivity index (χ4n) is 0.328. The summed E-state index contributed by atoms with van der Waals surface area (Å²) < 4.78 is 9.94. The monoisotopic (exact) mass is 122 g/mol. The summed E-state index contributed by atoms with van der Waals surface area (Å²) in [6, 6.07) is 0. The molecule has 1 aliphatic heterocycles. The van der Waals surface area contributed by atoms with E-state index in [0.29, 0.717) is 0 Å². The SMILES string of the molecule is C1C[O][Ti][O]C1. The molecule has 1 rings (SSSR count). The minimum atomic E-state index is -0.392. The van der Waals surface area contributed by atoms with E-state index in [1.165, 1.54) is 0 Å². The van der Waals surface area contributed by atoms with Crippen LogP contribution in [0.2, 0.25) is 0 Å². The Balaban J connectivity index is 2.00. The van der Waals surface area contributed by atoms with Crippen LogP contribution in [0.15, 0.2) is 0 Å². The molecule has 1 fully saturated rings. The quantitative estimate of drug-likeness (QED) is 0.431. The molecule has 0 aromatic carbocycles. The van der Waals surface area contributed by atoms with Gasteiger partial charge in [-0.1, -0.05) is 0 Å². The van der Waals surface area contributed by atoms with Gasteiger partial charge in [-0.15, -0.1) is 0 Å². The van der Waals surface area contributed by atoms with Crippen molar-refractivity contribution in [2.24, 2.45) is 0 Å². The van der Waals surface area contributed by atoms with Crippen LogP contribution in [0.3, 0.4) is 0 Å². The zero-order valence-corrected chi connectivity index (χ0v) is 5.00. The molecule has 0 aromatic heterocycles. The van der Waals surface area contributed by atoms with Crippen LogP contribution in [0.1, 0.15) is 6.42 Å². The first-order valence-corrected chi connectivity index (χ1v) is 3.26. The Hall–Kier alpha value is 0.634. The zero-order chi connectivity index (χ0) is 4.24. The Kier molecular flexibility index (Phi) is 2.19. The molecular formula is C3H6O2Ti. The number of hydrogen-bond acceptors (Lipinski definition) is 2. The van der Waals surface area contributed by atoms with Crippen LogP contribution in [0.25, 0.3) is 0 Å². The molecule has 2 nitrogen and oxygen atoms in total. The van der Waals surface area contributed by atoms with Gasteiger partial charge in [0, 0.05) is 0 Å². The number of hydrogen-bond donors (Lipinski definition) is 0. The van der Waals surface area contributed by atoms with Crippen LogP contribution in [-0.2, 0) is 26.6 Å². The second-order valence-corrected chi connectivity index (χ2v) is 2.30. The van der Waals surface area contributed by atoms with E-state index in [-0.39, 0.29) is 0 Å². The topological polar surface area (TPSA) is 18.5 Å². The normalized spacial score (nSPS) is 22.7. The zero-order valence-electron chi connectivity index (χ0n) is 3.44. The summed E-state index contributed by atoms with van der Waals surface area (Å²) in [5.74, 6) is 0. The van der Waals surface area contributed by atoms with Crippen LogP contribution >= 0.6 is 0 Å². The maximum atomic E-state index is 4.97. The Morgan fingerprint density at radius 3 is 2.00 bits per heavy atom. The van der Waals surface area contributed by atoms with Crippen LogP contribution in [-0.4, -0.2) is 13.2 Å². The number of rotatable bonds is 0. The molecule has 0 bridgehead atoms. The van der Waals surface area contributed by atoms with Crippen molar-refractivity contribution in [1.82, 2.24) is 0 Å². The van der Waals surface area contributed by atoms with Crippen molar-refractivity contribution in [1.29, 1.82) is 0 Å². The molecule has 0 aliphatic carbocycles. The van der Waals surface area contributed by atoms with Gasteiger partial charge in [-0.2, -0.15) is 0 Å². The molecule has 1 heterocycles. The van der Waals surface area contributed by atoms with E-state index in [0.717, 1.165) is 19.6 Å². The van der Waals surface area contributed by atoms with Gasteiger partial charge in [-0.05, 0) is 0 Å². The molecule has 0 radical (unpaired) electrons. The third kappa shape index (κ3) is 1.39. The molecule has 0 unspecified atom stereocenters. The van der Waals surface area contributed by atoms with Gasteiger partial charge in [-0.3, -0.25) is 0 Å². The molecule has 1 saturated heterocycles. The molecule has 0 N–H and O–H groups in total. The van der Waals surface area contributed by atoms with Crippen molar-refractivity contribution in [3.05, 3.63) is 0 Å². The molecule has 34 valence electrons. The first-order valence-electron chi connectivity index (χ1n) is 1.99. The van der Waals surface area contributed by atoms with Gasteiger partial charge >= 0.3 is 46.2 Å². The van der Waals surface area contributed by atoms with Crippen molar-refractivity contribution in [2.45, 2.75) is 6.42 Å². The molecule has 0 amide bonds. The summed E-state index contributed by atoms with van der Waals surface area (Å²) in [6.07, 6.45) is 1.09. The molecule has 0 spiro atoms. The van der Waals surface area contributed by atoms with Gasteiger partial charge in [0.1, 0.15) is 0 Å². The molecular weight excluding hydrogens is 116 g/mol. The fraction of sp³-hybridized carbons (Fsp3) is 1.00. The van der Waals surface area contributed by atoms with Crippen LogP contribution < -0.4 is 0 Å². The second-order valence-electron chi connectivity index (χ2n) is 1.13. The van der Waals surface area contributed by atoms with Crippen molar-refractivity contribution in [3.63, 3.8) is 0 Å². The van der Waals surface area contributed by atoms with Gasteiger partial charge in [-0.25, -0.2) is 0 Å². The van der Waals surface area contributed by atoms with Gasteiger partial charge in [0.15, 0.2) is 0 Å². The van der Waals surface area contributed by atoms with Crippen molar-refractivity contribution >= 4 is 0 Å². The van der Waals surface area contributed by atoms with Gasteiger partial charge in [0.2, 0.25) is 0 Å². The average Bonchev–Trinajstić information content (AvgIpc) is 1.72. The van der Waals surface area contributed by atoms with E-state index < -0.39 is 19.9 Å². The predicted molar refractivity (Wildman–Crippen MR) is 16.5 cm³/mol. The summed E-state index contributed by atoms with van der Waals surface area (Å²) in [6.45, 7) is 1.86. The molecule has 6 heavy (non-hydrogen) atoms. The third-order valence-electron chi connectivity index (χ3n) is 0.611. The van der Waals surface area contributed by atoms with Gasteiger partial charge in [0.25, 0.3) is 0 Å². The second kappa shape index (κ2) is 2.75. The Labute approximate surface area is 46.7 Å². The maximum absolute atomic E-state index is 4.97. The average molecular weight is 122 g/mol. The summed E-state index contributed by atoms with van der Waals surface area (Å²) in [5, 5.41) is 0. The molecule has 0 atom stereocenters. The van der Waals surface area contributed by atoms with Gasteiger partial charge in [0.05, 0.1) is 0 Å². The Morgan fingerprint density at radius 2 is 1.83 bits per heavy atom. The van der Waals surface area contributed by atoms with E-state index in [9.17, 15) is 0 Å². The van der Waals surface area contributed by atoms with Crippen molar-refractivity contribution < 1.29 is 26.6 Å². The summed E-state index contributed by atoms with van der Waals surface area (Å²) in [7, 11) is 0. The van der Waals surface area contributed by atoms with E-state index in [1.807, 2.05) is 0 Å². The van der Waals surface area contributed by atoms with Crippen molar-refractivity contribution in [2.75, 3.05) is 13.2 Å². The van der Waals surface area contributed by atoms with E-state index in [4.69, 9.17) is 6.64 Å². The Morgan fingerprint density at radius 1 is 1.17 bits per heavy atom. The van der Waals surface area contributed by atoms with E-state index in [2.05, 4.69) is 0 Å². The Bertz CT molecular complexity index is 24.3. The van der Waals surface area contributed by atoms with Crippen LogP contribution in [0.4, 0.5) is 0 Å². The first kappa shape index (κ1) is 4.79. The molecule has 1 aliphatic rings. The van der Waals surface area contributed by atoms with Crippen molar-refractivity contribution in [3.8, 4) is 0 Å². The standard InChI is InChI=1S/C3H6O2.Ti/c4-2-1-3-5;/h1-3H2;/q-2;+2. The van der Waals surface area contributed by atoms with Gasteiger partial charge < -0.3 is 0 Å². The molecule has 0 aromatic rings. The molecule has 0 saturated carbocycles. The summed E-state index contributed by atoms with van der Waals surface area (Å²) in [5.41, 5.74) is 0. The van der Waals surface area contributed by atoms with Crippen LogP contribution in [0.5, 0.6) is 0 Å². The fourth-order valence-corrected chi connectivity index (χ4v) is 1.17. The van der Waals surface area contributed by atoms with E-state index in [1.54, 1.807) is 0 Å². The van der Waals surface area contributed by atoms with Crippen LogP contribution in [0, 0.1) is 0 Å². The third-order valence-corrected chi connectivity index (χ3v) is 1.62. The molecule has 3 heteroatoms. The predicted octanol–water partition coefficient (Wildman–Crippen LogP) is 0.336. The summed E-state index contributed by atoms with van der Waals surface area (Å²) in [4.78, 5) is 0. The van der Waals surface area contributed by atoms with E-state index >= 15 is 0 Å². The first-order chi connectivity index (χ1) is 3.00. The minimum absolute atomic E-state index is 0.392. The summed E-state index contributed by atoms with van der Waals surface area (Å²) >= 11 is -0.392.